The van der Waals surface area contributed by atoms with Crippen molar-refractivity contribution in [3.05, 3.63) is 0 Å². The summed E-state index contributed by atoms with van der Waals surface area (Å²) in [5.74, 6) is 0.268. The van der Waals surface area contributed by atoms with E-state index in [0.29, 0.717) is 12.6 Å². The van der Waals surface area contributed by atoms with Crippen LogP contribution < -0.4 is 10.6 Å². The molecular formula is C11H20N2O2. The predicted octanol–water partition coefficient (Wildman–Crippen LogP) is 0.281. The highest BCUT2D eigenvalue weighted by Gasteiger charge is 2.24. The zero-order valence-corrected chi connectivity index (χ0v) is 9.13. The van der Waals surface area contributed by atoms with Crippen LogP contribution in [0.15, 0.2) is 0 Å². The molecule has 0 aromatic heterocycles. The van der Waals surface area contributed by atoms with Crippen LogP contribution in [-0.2, 0) is 9.53 Å². The molecule has 2 fully saturated rings. The van der Waals surface area contributed by atoms with Crippen LogP contribution in [0.2, 0.25) is 0 Å². The lowest BCUT2D eigenvalue weighted by molar-refractivity contribution is -0.129. The fourth-order valence-electron chi connectivity index (χ4n) is 2.24. The Morgan fingerprint density at radius 2 is 2.27 bits per heavy atom. The molecule has 0 aliphatic carbocycles. The van der Waals surface area contributed by atoms with Crippen molar-refractivity contribution < 1.29 is 9.53 Å². The number of nitrogens with one attached hydrogen (secondary N) is 2. The van der Waals surface area contributed by atoms with E-state index in [0.717, 1.165) is 45.4 Å². The van der Waals surface area contributed by atoms with Crippen molar-refractivity contribution in [2.24, 2.45) is 5.92 Å². The molecule has 0 aromatic carbocycles. The van der Waals surface area contributed by atoms with Crippen LogP contribution >= 0.6 is 0 Å². The topological polar surface area (TPSA) is 50.4 Å². The molecule has 1 amide bonds. The third kappa shape index (κ3) is 3.18. The van der Waals surface area contributed by atoms with Crippen LogP contribution in [0.3, 0.4) is 0 Å². The summed E-state index contributed by atoms with van der Waals surface area (Å²) in [5.41, 5.74) is 0. The normalized spacial score (nSPS) is 32.3. The molecule has 2 aliphatic rings. The third-order valence-corrected chi connectivity index (χ3v) is 3.17. The lowest BCUT2D eigenvalue weighted by Gasteiger charge is -2.27. The van der Waals surface area contributed by atoms with Gasteiger partial charge in [-0.25, -0.2) is 0 Å². The van der Waals surface area contributed by atoms with Gasteiger partial charge in [-0.3, -0.25) is 4.79 Å². The lowest BCUT2D eigenvalue weighted by atomic mass is 10.00. The van der Waals surface area contributed by atoms with Crippen molar-refractivity contribution in [2.45, 2.75) is 31.7 Å². The van der Waals surface area contributed by atoms with Gasteiger partial charge in [-0.05, 0) is 32.2 Å². The van der Waals surface area contributed by atoms with Crippen LogP contribution in [0.5, 0.6) is 0 Å². The molecule has 86 valence electrons. The van der Waals surface area contributed by atoms with E-state index in [1.165, 1.54) is 0 Å². The van der Waals surface area contributed by atoms with Crippen LogP contribution in [0.25, 0.3) is 0 Å². The molecule has 0 bridgehead atoms. The zero-order valence-electron chi connectivity index (χ0n) is 9.13. The minimum absolute atomic E-state index is 0.0840. The number of hydrogen-bond donors (Lipinski definition) is 2. The van der Waals surface area contributed by atoms with E-state index in [1.54, 1.807) is 0 Å². The molecule has 4 nitrogen and oxygen atoms in total. The summed E-state index contributed by atoms with van der Waals surface area (Å²) in [6, 6.07) is 0.327. The Morgan fingerprint density at radius 3 is 2.93 bits per heavy atom. The number of carbonyl (C=O) groups is 1. The van der Waals surface area contributed by atoms with Gasteiger partial charge < -0.3 is 15.4 Å². The average molecular weight is 212 g/mol. The van der Waals surface area contributed by atoms with E-state index in [4.69, 9.17) is 4.74 Å². The van der Waals surface area contributed by atoms with E-state index in [1.807, 2.05) is 0 Å². The maximum atomic E-state index is 11.8. The van der Waals surface area contributed by atoms with Gasteiger partial charge >= 0.3 is 0 Å². The standard InChI is InChI=1S/C11H20N2O2/c14-11(9-3-2-6-15-8-9)13-10-4-1-5-12-7-10/h9-10,12H,1-8H2,(H,13,14). The van der Waals surface area contributed by atoms with Crippen LogP contribution in [0.4, 0.5) is 0 Å². The van der Waals surface area contributed by atoms with E-state index < -0.39 is 0 Å². The first kappa shape index (κ1) is 10.9. The van der Waals surface area contributed by atoms with Gasteiger partial charge in [-0.1, -0.05) is 0 Å². The second-order valence-electron chi connectivity index (χ2n) is 4.47. The van der Waals surface area contributed by atoms with Gasteiger partial charge in [-0.2, -0.15) is 0 Å². The Labute approximate surface area is 90.8 Å². The summed E-state index contributed by atoms with van der Waals surface area (Å²) in [5, 5.41) is 6.40. The van der Waals surface area contributed by atoms with E-state index in [2.05, 4.69) is 10.6 Å². The fraction of sp³-hybridized carbons (Fsp3) is 0.909. The highest BCUT2D eigenvalue weighted by Crippen LogP contribution is 2.14. The van der Waals surface area contributed by atoms with Gasteiger partial charge in [0.2, 0.25) is 5.91 Å². The minimum atomic E-state index is 0.0840. The van der Waals surface area contributed by atoms with E-state index in [9.17, 15) is 4.79 Å². The first-order valence-corrected chi connectivity index (χ1v) is 5.95. The maximum Gasteiger partial charge on any atom is 0.225 e. The molecule has 2 saturated heterocycles. The highest BCUT2D eigenvalue weighted by molar-refractivity contribution is 5.79. The van der Waals surface area contributed by atoms with Crippen molar-refractivity contribution in [3.8, 4) is 0 Å². The Bertz CT molecular complexity index is 209. The van der Waals surface area contributed by atoms with Crippen LogP contribution in [-0.4, -0.2) is 38.3 Å². The molecule has 0 radical (unpaired) electrons. The van der Waals surface area contributed by atoms with Gasteiger partial charge in [0, 0.05) is 19.2 Å². The minimum Gasteiger partial charge on any atom is -0.381 e. The molecule has 0 spiro atoms. The van der Waals surface area contributed by atoms with Gasteiger partial charge in [0.1, 0.15) is 0 Å². The zero-order chi connectivity index (χ0) is 10.5. The number of piperidine rings is 1. The number of rotatable bonds is 2. The molecular weight excluding hydrogens is 192 g/mol. The molecule has 0 saturated carbocycles. The number of amides is 1. The largest absolute Gasteiger partial charge is 0.381 e. The summed E-state index contributed by atoms with van der Waals surface area (Å²) >= 11 is 0. The Morgan fingerprint density at radius 1 is 1.33 bits per heavy atom. The van der Waals surface area contributed by atoms with E-state index >= 15 is 0 Å². The predicted molar refractivity (Wildman–Crippen MR) is 57.6 cm³/mol. The van der Waals surface area contributed by atoms with Gasteiger partial charge in [0.25, 0.3) is 0 Å². The van der Waals surface area contributed by atoms with Crippen molar-refractivity contribution >= 4 is 5.91 Å². The van der Waals surface area contributed by atoms with Crippen LogP contribution in [0.1, 0.15) is 25.7 Å². The van der Waals surface area contributed by atoms with Crippen molar-refractivity contribution in [1.29, 1.82) is 0 Å². The molecule has 2 unspecified atom stereocenters. The van der Waals surface area contributed by atoms with Crippen molar-refractivity contribution in [3.63, 3.8) is 0 Å². The molecule has 2 rings (SSSR count). The molecule has 2 heterocycles. The number of ether oxygens (including phenoxy) is 1. The molecule has 15 heavy (non-hydrogen) atoms. The van der Waals surface area contributed by atoms with E-state index in [-0.39, 0.29) is 11.8 Å². The third-order valence-electron chi connectivity index (χ3n) is 3.17. The summed E-state index contributed by atoms with van der Waals surface area (Å²) in [4.78, 5) is 11.8. The van der Waals surface area contributed by atoms with Gasteiger partial charge in [0.15, 0.2) is 0 Å². The maximum absolute atomic E-state index is 11.8. The molecule has 4 heteroatoms. The highest BCUT2D eigenvalue weighted by atomic mass is 16.5. The second-order valence-corrected chi connectivity index (χ2v) is 4.47. The molecule has 2 atom stereocenters. The van der Waals surface area contributed by atoms with Gasteiger partial charge in [0.05, 0.1) is 12.5 Å². The molecule has 2 aliphatic heterocycles. The van der Waals surface area contributed by atoms with Crippen molar-refractivity contribution in [2.75, 3.05) is 26.3 Å². The monoisotopic (exact) mass is 212 g/mol. The van der Waals surface area contributed by atoms with Gasteiger partial charge in [-0.15, -0.1) is 0 Å². The van der Waals surface area contributed by atoms with Crippen LogP contribution in [0, 0.1) is 5.92 Å². The Balaban J connectivity index is 1.74. The first-order chi connectivity index (χ1) is 7.36. The first-order valence-electron chi connectivity index (χ1n) is 5.95. The Kier molecular flexibility index (Phi) is 3.97. The summed E-state index contributed by atoms with van der Waals surface area (Å²) in [7, 11) is 0. The smallest absolute Gasteiger partial charge is 0.225 e. The fourth-order valence-corrected chi connectivity index (χ4v) is 2.24. The number of hydrogen-bond acceptors (Lipinski definition) is 3. The van der Waals surface area contributed by atoms with Crippen molar-refractivity contribution in [1.82, 2.24) is 10.6 Å². The second kappa shape index (κ2) is 5.47. The summed E-state index contributed by atoms with van der Waals surface area (Å²) < 4.78 is 5.32. The lowest BCUT2D eigenvalue weighted by Crippen LogP contribution is -2.48. The summed E-state index contributed by atoms with van der Waals surface area (Å²) in [6.45, 7) is 3.42. The quantitative estimate of drug-likeness (QED) is 0.691. The number of carbonyl (C=O) groups excluding carboxylic acids is 1. The molecule has 0 aromatic rings. The Hall–Kier alpha value is -0.610. The molecule has 2 N–H and O–H groups in total. The SMILES string of the molecule is O=C(NC1CCCNC1)C1CCCOC1. The average Bonchev–Trinajstić information content (AvgIpc) is 2.31. The summed E-state index contributed by atoms with van der Waals surface area (Å²) in [6.07, 6.45) is 4.26.